The van der Waals surface area contributed by atoms with Gasteiger partial charge in [0.25, 0.3) is 5.91 Å². The van der Waals surface area contributed by atoms with E-state index in [2.05, 4.69) is 22.2 Å². The molecule has 0 saturated heterocycles. The third-order valence-electron chi connectivity index (χ3n) is 8.11. The standard InChI is InChI=1S/C29H32F2N4O4/c1-15-10-16(11-21(32)27(15)39-2)18-6-9-33-14-23(18)35-28(37)22-5-4-19(30)26(34-22)25-20(31)12-17(13-24(25)36)29(38)7-3-8-29/h4-6,9,12-16,21,27,36,38H,3,7-8,10-11,32H2,1-2H3,(H,35,37)/t15-,16+,21+,27+/m0/s1. The molecule has 1 amide bonds. The number of pyridine rings is 2. The number of methoxy groups -OCH3 is 1. The summed E-state index contributed by atoms with van der Waals surface area (Å²) in [6.45, 7) is 2.08. The number of aliphatic hydroxyl groups is 1. The summed E-state index contributed by atoms with van der Waals surface area (Å²) in [5.74, 6) is -2.79. The van der Waals surface area contributed by atoms with Crippen LogP contribution in [-0.2, 0) is 10.3 Å². The average Bonchev–Trinajstić information content (AvgIpc) is 2.88. The summed E-state index contributed by atoms with van der Waals surface area (Å²) in [6, 6.07) is 6.15. The number of nitrogens with two attached hydrogens (primary N) is 1. The molecule has 0 radical (unpaired) electrons. The number of ether oxygens (including phenoxy) is 1. The van der Waals surface area contributed by atoms with Crippen molar-refractivity contribution in [1.82, 2.24) is 9.97 Å². The van der Waals surface area contributed by atoms with Crippen LogP contribution in [0.5, 0.6) is 5.75 Å². The Bertz CT molecular complexity index is 1360. The maximum Gasteiger partial charge on any atom is 0.274 e. The molecule has 5 rings (SSSR count). The second kappa shape index (κ2) is 10.6. The van der Waals surface area contributed by atoms with Gasteiger partial charge in [-0.2, -0.15) is 0 Å². The molecule has 2 saturated carbocycles. The first-order valence-corrected chi connectivity index (χ1v) is 13.1. The topological polar surface area (TPSA) is 131 Å². The lowest BCUT2D eigenvalue weighted by molar-refractivity contribution is -0.0391. The van der Waals surface area contributed by atoms with Crippen molar-refractivity contribution in [2.75, 3.05) is 12.4 Å². The molecule has 3 aromatic rings. The maximum atomic E-state index is 15.1. The van der Waals surface area contributed by atoms with Crippen LogP contribution in [0.4, 0.5) is 14.5 Å². The van der Waals surface area contributed by atoms with Gasteiger partial charge in [0.1, 0.15) is 28.8 Å². The van der Waals surface area contributed by atoms with Crippen molar-refractivity contribution in [3.05, 3.63) is 71.2 Å². The molecule has 2 aliphatic carbocycles. The molecule has 0 spiro atoms. The average molecular weight is 539 g/mol. The molecule has 4 atom stereocenters. The minimum absolute atomic E-state index is 0.0505. The van der Waals surface area contributed by atoms with Gasteiger partial charge in [0.15, 0.2) is 0 Å². The van der Waals surface area contributed by atoms with Gasteiger partial charge < -0.3 is 26.0 Å². The van der Waals surface area contributed by atoms with Crippen LogP contribution in [0.15, 0.2) is 42.7 Å². The van der Waals surface area contributed by atoms with E-state index in [-0.39, 0.29) is 35.2 Å². The van der Waals surface area contributed by atoms with Crippen molar-refractivity contribution >= 4 is 11.6 Å². The molecular formula is C29H32F2N4O4. The van der Waals surface area contributed by atoms with E-state index in [0.717, 1.165) is 30.5 Å². The van der Waals surface area contributed by atoms with Gasteiger partial charge in [-0.3, -0.25) is 9.78 Å². The van der Waals surface area contributed by atoms with Gasteiger partial charge in [0.2, 0.25) is 0 Å². The lowest BCUT2D eigenvalue weighted by Crippen LogP contribution is -2.45. The first-order chi connectivity index (χ1) is 18.6. The van der Waals surface area contributed by atoms with Crippen LogP contribution in [0, 0.1) is 17.6 Å². The van der Waals surface area contributed by atoms with E-state index >= 15 is 4.39 Å². The molecule has 10 heteroatoms. The van der Waals surface area contributed by atoms with Gasteiger partial charge in [-0.25, -0.2) is 13.8 Å². The summed E-state index contributed by atoms with van der Waals surface area (Å²) in [4.78, 5) is 21.4. The Morgan fingerprint density at radius 2 is 1.95 bits per heavy atom. The number of aromatic hydroxyl groups is 1. The van der Waals surface area contributed by atoms with E-state index in [9.17, 15) is 19.4 Å². The third-order valence-corrected chi connectivity index (χ3v) is 8.11. The quantitative estimate of drug-likeness (QED) is 0.361. The lowest BCUT2D eigenvalue weighted by Gasteiger charge is -2.38. The van der Waals surface area contributed by atoms with Crippen molar-refractivity contribution in [2.45, 2.75) is 62.7 Å². The normalized spacial score (nSPS) is 24.2. The van der Waals surface area contributed by atoms with Crippen LogP contribution in [0.3, 0.4) is 0 Å². The first-order valence-electron chi connectivity index (χ1n) is 13.1. The fourth-order valence-electron chi connectivity index (χ4n) is 5.92. The highest BCUT2D eigenvalue weighted by molar-refractivity contribution is 6.03. The van der Waals surface area contributed by atoms with Crippen LogP contribution in [-0.4, -0.2) is 45.3 Å². The molecule has 2 fully saturated rings. The smallest absolute Gasteiger partial charge is 0.274 e. The van der Waals surface area contributed by atoms with E-state index in [4.69, 9.17) is 10.5 Å². The molecule has 8 nitrogen and oxygen atoms in total. The highest BCUT2D eigenvalue weighted by Crippen LogP contribution is 2.45. The molecule has 1 aromatic carbocycles. The Morgan fingerprint density at radius 1 is 1.18 bits per heavy atom. The molecule has 0 bridgehead atoms. The van der Waals surface area contributed by atoms with Gasteiger partial charge >= 0.3 is 0 Å². The molecule has 2 aromatic heterocycles. The second-order valence-electron chi connectivity index (χ2n) is 10.7. The number of hydrogen-bond acceptors (Lipinski definition) is 7. The summed E-state index contributed by atoms with van der Waals surface area (Å²) in [5.41, 5.74) is 5.56. The number of phenols is 1. The number of anilines is 1. The van der Waals surface area contributed by atoms with Crippen LogP contribution in [0.1, 0.15) is 66.6 Å². The summed E-state index contributed by atoms with van der Waals surface area (Å²) < 4.78 is 35.5. The number of rotatable bonds is 6. The van der Waals surface area contributed by atoms with Crippen molar-refractivity contribution < 1.29 is 28.5 Å². The molecule has 39 heavy (non-hydrogen) atoms. The SMILES string of the molecule is CO[C@H]1[C@H](N)C[C@H](c2ccncc2NC(=O)c2ccc(F)c(-c3c(O)cc(C4(O)CCC4)cc3F)n2)C[C@@H]1C. The number of phenolic OH excluding ortho intramolecular Hbond substituents is 1. The number of carbonyl (C=O) groups is 1. The Morgan fingerprint density at radius 3 is 2.59 bits per heavy atom. The number of halogens is 2. The zero-order valence-electron chi connectivity index (χ0n) is 21.8. The number of carbonyl (C=O) groups excluding carboxylic acids is 1. The monoisotopic (exact) mass is 538 g/mol. The Kier molecular flexibility index (Phi) is 7.37. The Balaban J connectivity index is 1.42. The van der Waals surface area contributed by atoms with Gasteiger partial charge in [-0.05, 0) is 85.4 Å². The highest BCUT2D eigenvalue weighted by Gasteiger charge is 2.38. The number of nitrogens with one attached hydrogen (secondary N) is 1. The van der Waals surface area contributed by atoms with Crippen LogP contribution in [0.25, 0.3) is 11.3 Å². The molecule has 0 unspecified atom stereocenters. The zero-order chi connectivity index (χ0) is 27.9. The first kappa shape index (κ1) is 27.1. The third kappa shape index (κ3) is 5.11. The highest BCUT2D eigenvalue weighted by atomic mass is 19.1. The van der Waals surface area contributed by atoms with E-state index < -0.39 is 40.1 Å². The number of hydrogen-bond donors (Lipinski definition) is 4. The van der Waals surface area contributed by atoms with Gasteiger partial charge in [-0.15, -0.1) is 0 Å². The number of amides is 1. The summed E-state index contributed by atoms with van der Waals surface area (Å²) >= 11 is 0. The second-order valence-corrected chi connectivity index (χ2v) is 10.7. The molecule has 5 N–H and O–H groups in total. The summed E-state index contributed by atoms with van der Waals surface area (Å²) in [7, 11) is 1.65. The van der Waals surface area contributed by atoms with E-state index in [1.807, 2.05) is 6.07 Å². The number of aromatic nitrogens is 2. The summed E-state index contributed by atoms with van der Waals surface area (Å²) in [5, 5.41) is 23.9. The Hall–Kier alpha value is -3.47. The summed E-state index contributed by atoms with van der Waals surface area (Å²) in [6.07, 6.45) is 6.28. The van der Waals surface area contributed by atoms with Crippen LogP contribution >= 0.6 is 0 Å². The predicted molar refractivity (Wildman–Crippen MR) is 141 cm³/mol. The van der Waals surface area contributed by atoms with Crippen molar-refractivity contribution in [1.29, 1.82) is 0 Å². The maximum absolute atomic E-state index is 15.1. The minimum atomic E-state index is -1.21. The fourth-order valence-corrected chi connectivity index (χ4v) is 5.92. The van der Waals surface area contributed by atoms with Gasteiger partial charge in [-0.1, -0.05) is 6.92 Å². The van der Waals surface area contributed by atoms with Crippen molar-refractivity contribution in [3.8, 4) is 17.0 Å². The molecule has 2 heterocycles. The molecule has 206 valence electrons. The van der Waals surface area contributed by atoms with Crippen LogP contribution in [0.2, 0.25) is 0 Å². The molecular weight excluding hydrogens is 506 g/mol. The van der Waals surface area contributed by atoms with Gasteiger partial charge in [0.05, 0.1) is 29.2 Å². The Labute approximate surface area is 225 Å². The van der Waals surface area contributed by atoms with Crippen LogP contribution < -0.4 is 11.1 Å². The van der Waals surface area contributed by atoms with E-state index in [0.29, 0.717) is 24.9 Å². The lowest BCUT2D eigenvalue weighted by atomic mass is 9.74. The molecule has 2 aliphatic rings. The zero-order valence-corrected chi connectivity index (χ0v) is 21.8. The van der Waals surface area contributed by atoms with Crippen molar-refractivity contribution in [2.24, 2.45) is 11.7 Å². The van der Waals surface area contributed by atoms with Gasteiger partial charge in [0, 0.05) is 19.3 Å². The molecule has 0 aliphatic heterocycles. The number of nitrogens with zero attached hydrogens (tertiary/aromatic N) is 2. The number of benzene rings is 1. The van der Waals surface area contributed by atoms with Crippen molar-refractivity contribution in [3.63, 3.8) is 0 Å². The predicted octanol–water partition coefficient (Wildman–Crippen LogP) is 4.61. The largest absolute Gasteiger partial charge is 0.507 e. The fraction of sp³-hybridized carbons (Fsp3) is 0.414. The minimum Gasteiger partial charge on any atom is -0.507 e. The van der Waals surface area contributed by atoms with E-state index in [1.165, 1.54) is 18.3 Å². The van der Waals surface area contributed by atoms with E-state index in [1.54, 1.807) is 13.3 Å².